The Balaban J connectivity index is 1.66. The molecule has 0 bridgehead atoms. The van der Waals surface area contributed by atoms with E-state index in [-0.39, 0.29) is 16.7 Å². The summed E-state index contributed by atoms with van der Waals surface area (Å²) in [7, 11) is -3.87. The lowest BCUT2D eigenvalue weighted by atomic mass is 10.1. The van der Waals surface area contributed by atoms with Crippen molar-refractivity contribution < 1.29 is 22.0 Å². The number of hydrogen-bond acceptors (Lipinski definition) is 6. The first kappa shape index (κ1) is 21.2. The summed E-state index contributed by atoms with van der Waals surface area (Å²) in [5.41, 5.74) is 0.232. The highest BCUT2D eigenvalue weighted by Crippen LogP contribution is 2.23. The van der Waals surface area contributed by atoms with Crippen LogP contribution in [0.15, 0.2) is 52.1 Å². The minimum atomic E-state index is -3.87. The van der Waals surface area contributed by atoms with Gasteiger partial charge >= 0.3 is 0 Å². The standard InChI is InChI=1S/C19H20FN3O4S2/c1-19(2,3)23-29(25,26)16-9-8-15(27-16)17(24)22-18-21-11-14(28-18)10-12-4-6-13(20)7-5-12/h4-9,11,23H,10H2,1-3H3,(H,21,22,24). The molecule has 1 amide bonds. The second kappa shape index (κ2) is 8.05. The molecule has 3 rings (SSSR count). The van der Waals surface area contributed by atoms with Gasteiger partial charge in [-0.2, -0.15) is 0 Å². The molecule has 29 heavy (non-hydrogen) atoms. The molecule has 10 heteroatoms. The summed E-state index contributed by atoms with van der Waals surface area (Å²) in [4.78, 5) is 17.4. The van der Waals surface area contributed by atoms with Crippen LogP contribution in [0.25, 0.3) is 0 Å². The van der Waals surface area contributed by atoms with Crippen molar-refractivity contribution in [2.24, 2.45) is 0 Å². The molecule has 2 N–H and O–H groups in total. The monoisotopic (exact) mass is 437 g/mol. The first-order chi connectivity index (χ1) is 13.5. The number of hydrogen-bond donors (Lipinski definition) is 2. The molecule has 3 aromatic rings. The van der Waals surface area contributed by atoms with Crippen molar-refractivity contribution >= 4 is 32.4 Å². The van der Waals surface area contributed by atoms with E-state index in [4.69, 9.17) is 4.42 Å². The number of carbonyl (C=O) groups excluding carboxylic acids is 1. The Morgan fingerprint density at radius 3 is 2.52 bits per heavy atom. The molecule has 0 saturated heterocycles. The Bertz CT molecular complexity index is 1110. The van der Waals surface area contributed by atoms with E-state index in [1.165, 1.54) is 35.6 Å². The summed E-state index contributed by atoms with van der Waals surface area (Å²) in [5, 5.41) is 2.59. The van der Waals surface area contributed by atoms with Crippen LogP contribution in [-0.4, -0.2) is 24.8 Å². The molecule has 0 saturated carbocycles. The van der Waals surface area contributed by atoms with Crippen molar-refractivity contribution in [3.63, 3.8) is 0 Å². The second-order valence-corrected chi connectivity index (χ2v) is 10.1. The van der Waals surface area contributed by atoms with E-state index in [2.05, 4.69) is 15.0 Å². The zero-order valence-corrected chi connectivity index (χ0v) is 17.7. The molecule has 7 nitrogen and oxygen atoms in total. The summed E-state index contributed by atoms with van der Waals surface area (Å²) in [6.07, 6.45) is 2.17. The molecule has 0 aliphatic rings. The van der Waals surface area contributed by atoms with Crippen LogP contribution in [-0.2, 0) is 16.4 Å². The van der Waals surface area contributed by atoms with Crippen LogP contribution < -0.4 is 10.0 Å². The lowest BCUT2D eigenvalue weighted by Gasteiger charge is -2.18. The minimum Gasteiger partial charge on any atom is -0.438 e. The molecule has 2 aromatic heterocycles. The largest absolute Gasteiger partial charge is 0.438 e. The number of nitrogens with one attached hydrogen (secondary N) is 2. The lowest BCUT2D eigenvalue weighted by molar-refractivity contribution is 0.0991. The molecule has 2 heterocycles. The number of amides is 1. The maximum Gasteiger partial charge on any atom is 0.293 e. The highest BCUT2D eigenvalue weighted by Gasteiger charge is 2.26. The second-order valence-electron chi connectivity index (χ2n) is 7.36. The molecular weight excluding hydrogens is 417 g/mol. The third-order valence-electron chi connectivity index (χ3n) is 3.58. The summed E-state index contributed by atoms with van der Waals surface area (Å²) >= 11 is 1.27. The van der Waals surface area contributed by atoms with Gasteiger partial charge in [0, 0.05) is 23.0 Å². The van der Waals surface area contributed by atoms with Crippen molar-refractivity contribution in [1.29, 1.82) is 0 Å². The SMILES string of the molecule is CC(C)(C)NS(=O)(=O)c1ccc(C(=O)Nc2ncc(Cc3ccc(F)cc3)s2)o1. The molecule has 0 fully saturated rings. The average molecular weight is 438 g/mol. The molecule has 0 atom stereocenters. The first-order valence-corrected chi connectivity index (χ1v) is 11.0. The highest BCUT2D eigenvalue weighted by atomic mass is 32.2. The van der Waals surface area contributed by atoms with Gasteiger partial charge in [-0.05, 0) is 50.6 Å². The molecular formula is C19H20FN3O4S2. The number of carbonyl (C=O) groups is 1. The number of benzene rings is 1. The number of thiazole rings is 1. The number of aromatic nitrogens is 1. The molecule has 0 aliphatic carbocycles. The van der Waals surface area contributed by atoms with Crippen molar-refractivity contribution in [3.05, 3.63) is 64.6 Å². The van der Waals surface area contributed by atoms with Crippen LogP contribution >= 0.6 is 11.3 Å². The van der Waals surface area contributed by atoms with Gasteiger partial charge in [0.05, 0.1) is 0 Å². The summed E-state index contributed by atoms with van der Waals surface area (Å²) in [5.74, 6) is -1.05. The van der Waals surface area contributed by atoms with Crippen LogP contribution in [0.3, 0.4) is 0 Å². The summed E-state index contributed by atoms with van der Waals surface area (Å²) in [6.45, 7) is 5.10. The van der Waals surface area contributed by atoms with E-state index < -0.39 is 21.5 Å². The number of rotatable bonds is 6. The van der Waals surface area contributed by atoms with Gasteiger partial charge in [0.1, 0.15) is 5.82 Å². The minimum absolute atomic E-state index is 0.144. The topological polar surface area (TPSA) is 101 Å². The molecule has 0 radical (unpaired) electrons. The highest BCUT2D eigenvalue weighted by molar-refractivity contribution is 7.89. The Kier molecular flexibility index (Phi) is 5.87. The summed E-state index contributed by atoms with van der Waals surface area (Å²) < 4.78 is 45.2. The van der Waals surface area contributed by atoms with Crippen LogP contribution in [0.5, 0.6) is 0 Å². The number of furan rings is 1. The van der Waals surface area contributed by atoms with E-state index in [0.717, 1.165) is 10.4 Å². The predicted molar refractivity (Wildman–Crippen MR) is 108 cm³/mol. The number of anilines is 1. The average Bonchev–Trinajstić information content (AvgIpc) is 3.25. The smallest absolute Gasteiger partial charge is 0.293 e. The third kappa shape index (κ3) is 5.72. The van der Waals surface area contributed by atoms with Gasteiger partial charge in [0.15, 0.2) is 10.9 Å². The van der Waals surface area contributed by atoms with Gasteiger partial charge in [0.2, 0.25) is 5.09 Å². The molecule has 1 aromatic carbocycles. The molecule has 154 valence electrons. The normalized spacial score (nSPS) is 12.1. The Hall–Kier alpha value is -2.56. The van der Waals surface area contributed by atoms with Crippen LogP contribution in [0.4, 0.5) is 9.52 Å². The van der Waals surface area contributed by atoms with Gasteiger partial charge in [-0.1, -0.05) is 12.1 Å². The predicted octanol–water partition coefficient (Wildman–Crippen LogP) is 3.80. The van der Waals surface area contributed by atoms with Crippen molar-refractivity contribution in [2.75, 3.05) is 5.32 Å². The maximum absolute atomic E-state index is 13.0. The van der Waals surface area contributed by atoms with Gasteiger partial charge in [-0.25, -0.2) is 22.5 Å². The van der Waals surface area contributed by atoms with Gasteiger partial charge in [-0.15, -0.1) is 11.3 Å². The van der Waals surface area contributed by atoms with E-state index in [1.54, 1.807) is 39.1 Å². The maximum atomic E-state index is 13.0. The lowest BCUT2D eigenvalue weighted by Crippen LogP contribution is -2.40. The van der Waals surface area contributed by atoms with Crippen LogP contribution in [0.1, 0.15) is 41.8 Å². The Labute approximate surface area is 172 Å². The Morgan fingerprint density at radius 2 is 1.86 bits per heavy atom. The fourth-order valence-corrected chi connectivity index (χ4v) is 4.64. The Morgan fingerprint density at radius 1 is 1.17 bits per heavy atom. The van der Waals surface area contributed by atoms with E-state index >= 15 is 0 Å². The molecule has 0 aliphatic heterocycles. The zero-order valence-electron chi connectivity index (χ0n) is 16.0. The van der Waals surface area contributed by atoms with Crippen molar-refractivity contribution in [2.45, 2.75) is 37.8 Å². The first-order valence-electron chi connectivity index (χ1n) is 8.66. The number of halogens is 1. The van der Waals surface area contributed by atoms with Gasteiger partial charge in [-0.3, -0.25) is 10.1 Å². The number of nitrogens with zero attached hydrogens (tertiary/aromatic N) is 1. The fourth-order valence-electron chi connectivity index (χ4n) is 2.45. The quantitative estimate of drug-likeness (QED) is 0.611. The summed E-state index contributed by atoms with van der Waals surface area (Å²) in [6, 6.07) is 8.66. The van der Waals surface area contributed by atoms with E-state index in [9.17, 15) is 17.6 Å². The fraction of sp³-hybridized carbons (Fsp3) is 0.263. The van der Waals surface area contributed by atoms with Gasteiger partial charge < -0.3 is 4.42 Å². The van der Waals surface area contributed by atoms with Crippen molar-refractivity contribution in [3.8, 4) is 0 Å². The number of sulfonamides is 1. The molecule has 0 spiro atoms. The third-order valence-corrected chi connectivity index (χ3v) is 6.12. The van der Waals surface area contributed by atoms with Gasteiger partial charge in [0.25, 0.3) is 15.9 Å². The van der Waals surface area contributed by atoms with Crippen LogP contribution in [0.2, 0.25) is 0 Å². The zero-order chi connectivity index (χ0) is 21.2. The van der Waals surface area contributed by atoms with E-state index in [0.29, 0.717) is 11.6 Å². The van der Waals surface area contributed by atoms with Crippen molar-refractivity contribution in [1.82, 2.24) is 9.71 Å². The van der Waals surface area contributed by atoms with Crippen LogP contribution in [0, 0.1) is 5.82 Å². The van der Waals surface area contributed by atoms with E-state index in [1.807, 2.05) is 0 Å². The molecule has 0 unspecified atom stereocenters.